The lowest BCUT2D eigenvalue weighted by atomic mass is 10.1. The first kappa shape index (κ1) is 22.4. The number of carbonyl (C=O) groups excluding carboxylic acids is 3. The maximum Gasteiger partial charge on any atom is 0.293 e. The molecular formula is C26H22N2O4S. The lowest BCUT2D eigenvalue weighted by Gasteiger charge is -2.14. The fourth-order valence-corrected chi connectivity index (χ4v) is 4.18. The van der Waals surface area contributed by atoms with Crippen LogP contribution in [0.15, 0.2) is 89.8 Å². The molecule has 0 spiro atoms. The van der Waals surface area contributed by atoms with E-state index in [-0.39, 0.29) is 36.7 Å². The molecule has 3 aromatic carbocycles. The fraction of sp³-hybridized carbons (Fsp3) is 0.115. The number of benzene rings is 3. The fourth-order valence-electron chi connectivity index (χ4n) is 3.32. The zero-order valence-electron chi connectivity index (χ0n) is 17.8. The van der Waals surface area contributed by atoms with Crippen LogP contribution in [0.5, 0.6) is 5.75 Å². The summed E-state index contributed by atoms with van der Waals surface area (Å²) in [7, 11) is 0. The van der Waals surface area contributed by atoms with Crippen LogP contribution in [-0.2, 0) is 11.4 Å². The van der Waals surface area contributed by atoms with Crippen molar-refractivity contribution in [1.29, 1.82) is 0 Å². The summed E-state index contributed by atoms with van der Waals surface area (Å²) in [6.07, 6.45) is 1.70. The Hall–Kier alpha value is -3.84. The van der Waals surface area contributed by atoms with Gasteiger partial charge in [0.05, 0.1) is 4.91 Å². The van der Waals surface area contributed by atoms with Crippen molar-refractivity contribution in [2.45, 2.75) is 6.61 Å². The molecule has 1 aliphatic rings. The number of nitrogens with one attached hydrogen (secondary N) is 1. The second-order valence-corrected chi connectivity index (χ2v) is 8.25. The van der Waals surface area contributed by atoms with Crippen molar-refractivity contribution in [2.24, 2.45) is 0 Å². The summed E-state index contributed by atoms with van der Waals surface area (Å²) in [5.74, 6) is 0.0875. The average molecular weight is 459 g/mol. The van der Waals surface area contributed by atoms with E-state index < -0.39 is 0 Å². The van der Waals surface area contributed by atoms with Crippen molar-refractivity contribution in [2.75, 3.05) is 13.1 Å². The summed E-state index contributed by atoms with van der Waals surface area (Å²) in [5.41, 5.74) is 2.09. The zero-order valence-corrected chi connectivity index (χ0v) is 18.6. The van der Waals surface area contributed by atoms with Gasteiger partial charge in [-0.2, -0.15) is 0 Å². The number of hydrogen-bond acceptors (Lipinski definition) is 5. The van der Waals surface area contributed by atoms with Crippen LogP contribution < -0.4 is 10.1 Å². The molecule has 3 amide bonds. The molecule has 33 heavy (non-hydrogen) atoms. The predicted octanol–water partition coefficient (Wildman–Crippen LogP) is 4.73. The maximum atomic E-state index is 12.7. The molecule has 0 radical (unpaired) electrons. The number of thioether (sulfide) groups is 1. The summed E-state index contributed by atoms with van der Waals surface area (Å²) in [6, 6.07) is 25.9. The minimum atomic E-state index is -0.347. The molecule has 1 saturated heterocycles. The molecule has 1 N–H and O–H groups in total. The quantitative estimate of drug-likeness (QED) is 0.494. The van der Waals surface area contributed by atoms with Gasteiger partial charge in [0.25, 0.3) is 17.1 Å². The van der Waals surface area contributed by atoms with Crippen LogP contribution in [-0.4, -0.2) is 35.0 Å². The molecule has 4 rings (SSSR count). The normalized spacial score (nSPS) is 14.5. The van der Waals surface area contributed by atoms with Gasteiger partial charge in [-0.3, -0.25) is 19.3 Å². The van der Waals surface area contributed by atoms with Crippen LogP contribution in [0.1, 0.15) is 21.5 Å². The highest BCUT2D eigenvalue weighted by molar-refractivity contribution is 8.18. The summed E-state index contributed by atoms with van der Waals surface area (Å²) >= 11 is 0.908. The van der Waals surface area contributed by atoms with Crippen LogP contribution in [0.25, 0.3) is 6.08 Å². The van der Waals surface area contributed by atoms with E-state index in [2.05, 4.69) is 5.32 Å². The van der Waals surface area contributed by atoms with E-state index in [1.54, 1.807) is 18.2 Å². The number of ether oxygens (including phenoxy) is 1. The summed E-state index contributed by atoms with van der Waals surface area (Å²) in [6.45, 7) is 0.509. The minimum absolute atomic E-state index is 0.102. The monoisotopic (exact) mass is 458 g/mol. The standard InChI is InChI=1S/C26H22N2O4S/c29-24(22-14-8-7-11-20(22)18-32-21-12-5-2-6-13-21)27-15-16-28-25(30)23(33-26(28)31)17-19-9-3-1-4-10-19/h1-14,17H,15-16,18H2,(H,27,29)/b23-17-. The second kappa shape index (κ2) is 10.7. The van der Waals surface area contributed by atoms with E-state index in [0.717, 1.165) is 33.5 Å². The average Bonchev–Trinajstić information content (AvgIpc) is 3.11. The van der Waals surface area contributed by atoms with Gasteiger partial charge in [0.15, 0.2) is 0 Å². The molecule has 0 atom stereocenters. The minimum Gasteiger partial charge on any atom is -0.489 e. The zero-order chi connectivity index (χ0) is 23.0. The Morgan fingerprint density at radius 1 is 0.909 bits per heavy atom. The van der Waals surface area contributed by atoms with Gasteiger partial charge in [0.2, 0.25) is 0 Å². The van der Waals surface area contributed by atoms with Crippen LogP contribution >= 0.6 is 11.8 Å². The Morgan fingerprint density at radius 3 is 2.33 bits per heavy atom. The Bertz CT molecular complexity index is 1180. The van der Waals surface area contributed by atoms with Crippen LogP contribution in [0.3, 0.4) is 0 Å². The van der Waals surface area contributed by atoms with Crippen LogP contribution in [0.4, 0.5) is 4.79 Å². The molecule has 6 nitrogen and oxygen atoms in total. The molecule has 7 heteroatoms. The molecule has 0 saturated carbocycles. The SMILES string of the molecule is O=C(NCCN1C(=O)S/C(=C\c2ccccc2)C1=O)c1ccccc1COc1ccccc1. The van der Waals surface area contributed by atoms with Crippen molar-refractivity contribution in [3.05, 3.63) is 107 Å². The first-order valence-corrected chi connectivity index (χ1v) is 11.3. The van der Waals surface area contributed by atoms with Gasteiger partial charge in [0, 0.05) is 24.2 Å². The summed E-state index contributed by atoms with van der Waals surface area (Å²) in [4.78, 5) is 39.2. The summed E-state index contributed by atoms with van der Waals surface area (Å²) in [5, 5.41) is 2.46. The molecule has 1 fully saturated rings. The molecule has 1 heterocycles. The Kier molecular flexibility index (Phi) is 7.22. The predicted molar refractivity (Wildman–Crippen MR) is 129 cm³/mol. The molecule has 0 bridgehead atoms. The topological polar surface area (TPSA) is 75.7 Å². The van der Waals surface area contributed by atoms with E-state index in [4.69, 9.17) is 4.74 Å². The lowest BCUT2D eigenvalue weighted by molar-refractivity contribution is -0.122. The van der Waals surface area contributed by atoms with Crippen molar-refractivity contribution in [3.63, 3.8) is 0 Å². The van der Waals surface area contributed by atoms with E-state index in [9.17, 15) is 14.4 Å². The third-order valence-electron chi connectivity index (χ3n) is 4.99. The number of para-hydroxylation sites is 1. The van der Waals surface area contributed by atoms with E-state index in [1.807, 2.05) is 72.8 Å². The van der Waals surface area contributed by atoms with Gasteiger partial charge in [-0.05, 0) is 41.6 Å². The number of amides is 3. The van der Waals surface area contributed by atoms with Crippen molar-refractivity contribution >= 4 is 34.9 Å². The highest BCUT2D eigenvalue weighted by Gasteiger charge is 2.34. The van der Waals surface area contributed by atoms with Gasteiger partial charge in [-0.25, -0.2) is 0 Å². The second-order valence-electron chi connectivity index (χ2n) is 7.26. The van der Waals surface area contributed by atoms with E-state index in [0.29, 0.717) is 10.5 Å². The number of hydrogen-bond donors (Lipinski definition) is 1. The van der Waals surface area contributed by atoms with Crippen molar-refractivity contribution < 1.29 is 19.1 Å². The third-order valence-corrected chi connectivity index (χ3v) is 5.90. The van der Waals surface area contributed by atoms with Gasteiger partial charge < -0.3 is 10.1 Å². The van der Waals surface area contributed by atoms with Gasteiger partial charge in [0.1, 0.15) is 12.4 Å². The van der Waals surface area contributed by atoms with Crippen LogP contribution in [0, 0.1) is 0 Å². The molecule has 3 aromatic rings. The summed E-state index contributed by atoms with van der Waals surface area (Å²) < 4.78 is 5.77. The molecule has 0 aromatic heterocycles. The number of imide groups is 1. The van der Waals surface area contributed by atoms with Gasteiger partial charge in [-0.15, -0.1) is 0 Å². The van der Waals surface area contributed by atoms with Crippen molar-refractivity contribution in [1.82, 2.24) is 10.2 Å². The molecular weight excluding hydrogens is 436 g/mol. The number of rotatable bonds is 8. The van der Waals surface area contributed by atoms with Gasteiger partial charge >= 0.3 is 0 Å². The Labute approximate surface area is 196 Å². The van der Waals surface area contributed by atoms with E-state index >= 15 is 0 Å². The highest BCUT2D eigenvalue weighted by Crippen LogP contribution is 2.31. The van der Waals surface area contributed by atoms with Gasteiger partial charge in [-0.1, -0.05) is 66.7 Å². The lowest BCUT2D eigenvalue weighted by Crippen LogP contribution is -2.37. The van der Waals surface area contributed by atoms with E-state index in [1.165, 1.54) is 0 Å². The Balaban J connectivity index is 1.34. The molecule has 0 aliphatic carbocycles. The molecule has 166 valence electrons. The third kappa shape index (κ3) is 5.70. The maximum absolute atomic E-state index is 12.7. The first-order chi connectivity index (χ1) is 16.1. The Morgan fingerprint density at radius 2 is 1.58 bits per heavy atom. The van der Waals surface area contributed by atoms with Crippen LogP contribution in [0.2, 0.25) is 0 Å². The van der Waals surface area contributed by atoms with Crippen molar-refractivity contribution in [3.8, 4) is 5.75 Å². The smallest absolute Gasteiger partial charge is 0.293 e. The molecule has 1 aliphatic heterocycles. The first-order valence-electron chi connectivity index (χ1n) is 10.5. The number of carbonyl (C=O) groups is 3. The molecule has 0 unspecified atom stereocenters. The number of nitrogens with zero attached hydrogens (tertiary/aromatic N) is 1. The largest absolute Gasteiger partial charge is 0.489 e. The highest BCUT2D eigenvalue weighted by atomic mass is 32.2.